The molecule has 0 aromatic heterocycles. The van der Waals surface area contributed by atoms with Crippen LogP contribution >= 0.6 is 11.8 Å². The fourth-order valence-electron chi connectivity index (χ4n) is 2.94. The molecule has 2 aromatic rings. The van der Waals surface area contributed by atoms with Gasteiger partial charge in [0.2, 0.25) is 11.8 Å². The number of halogens is 1. The van der Waals surface area contributed by atoms with Crippen LogP contribution in [0.5, 0.6) is 5.75 Å². The molecular weight excluding hydrogens is 367 g/mol. The molecule has 1 aliphatic heterocycles. The topological polar surface area (TPSA) is 58.6 Å². The molecule has 0 bridgehead atoms. The molecule has 1 heterocycles. The minimum Gasteiger partial charge on any atom is -0.492 e. The molecule has 1 saturated heterocycles. The van der Waals surface area contributed by atoms with Crippen LogP contribution in [0.1, 0.15) is 6.42 Å². The van der Waals surface area contributed by atoms with Gasteiger partial charge in [0.25, 0.3) is 0 Å². The van der Waals surface area contributed by atoms with Crippen molar-refractivity contribution in [1.29, 1.82) is 0 Å². The third kappa shape index (κ3) is 5.01. The number of ether oxygens (including phenoxy) is 1. The van der Waals surface area contributed by atoms with Crippen molar-refractivity contribution >= 4 is 29.3 Å². The molecule has 1 aliphatic rings. The van der Waals surface area contributed by atoms with Crippen molar-refractivity contribution in [1.82, 2.24) is 5.32 Å². The lowest BCUT2D eigenvalue weighted by Crippen LogP contribution is -2.35. The molecule has 0 aliphatic carbocycles. The molecule has 2 amide bonds. The number of carbonyl (C=O) groups is 2. The Hall–Kier alpha value is -2.54. The van der Waals surface area contributed by atoms with E-state index in [1.165, 1.54) is 12.1 Å². The zero-order valence-corrected chi connectivity index (χ0v) is 15.8. The fourth-order valence-corrected chi connectivity index (χ4v) is 3.35. The monoisotopic (exact) mass is 388 g/mol. The second-order valence-corrected chi connectivity index (χ2v) is 7.08. The summed E-state index contributed by atoms with van der Waals surface area (Å²) < 4.78 is 18.5. The number of hydrogen-bond donors (Lipinski definition) is 1. The van der Waals surface area contributed by atoms with Crippen LogP contribution in [-0.2, 0) is 9.59 Å². The quantitative estimate of drug-likeness (QED) is 0.585. The van der Waals surface area contributed by atoms with Gasteiger partial charge in [-0.05, 0) is 42.7 Å². The summed E-state index contributed by atoms with van der Waals surface area (Å²) in [6.45, 7) is 0.895. The minimum atomic E-state index is -0.383. The second-order valence-electron chi connectivity index (χ2n) is 6.20. The third-order valence-corrected chi connectivity index (χ3v) is 5.09. The highest BCUT2D eigenvalue weighted by Crippen LogP contribution is 2.27. The fraction of sp³-hybridized carbons (Fsp3) is 0.300. The van der Waals surface area contributed by atoms with Crippen molar-refractivity contribution in [2.75, 3.05) is 30.9 Å². The standard InChI is InChI=1S/C20H21FN2O3S/c1-27-18-7-5-16(6-8-18)23-13-14(11-19(23)24)20(25)22-9-10-26-17-4-2-3-15(21)12-17/h2-8,12,14H,9-11,13H2,1H3,(H,22,25). The Labute approximate surface area is 161 Å². The number of carbonyl (C=O) groups excluding carboxylic acids is 2. The third-order valence-electron chi connectivity index (χ3n) is 4.35. The maximum absolute atomic E-state index is 13.1. The van der Waals surface area contributed by atoms with Crippen LogP contribution in [0.3, 0.4) is 0 Å². The van der Waals surface area contributed by atoms with E-state index in [4.69, 9.17) is 4.74 Å². The van der Waals surface area contributed by atoms with E-state index in [-0.39, 0.29) is 36.6 Å². The first-order valence-corrected chi connectivity index (χ1v) is 9.90. The molecule has 142 valence electrons. The number of nitrogens with zero attached hydrogens (tertiary/aromatic N) is 1. The molecule has 1 atom stereocenters. The van der Waals surface area contributed by atoms with Gasteiger partial charge in [-0.25, -0.2) is 4.39 Å². The highest BCUT2D eigenvalue weighted by atomic mass is 32.2. The lowest BCUT2D eigenvalue weighted by Gasteiger charge is -2.17. The van der Waals surface area contributed by atoms with Crippen LogP contribution in [0.4, 0.5) is 10.1 Å². The van der Waals surface area contributed by atoms with Crippen LogP contribution in [0, 0.1) is 11.7 Å². The van der Waals surface area contributed by atoms with Crippen molar-refractivity contribution in [3.8, 4) is 5.75 Å². The van der Waals surface area contributed by atoms with Crippen LogP contribution in [0.2, 0.25) is 0 Å². The van der Waals surface area contributed by atoms with E-state index < -0.39 is 0 Å². The van der Waals surface area contributed by atoms with Gasteiger partial charge in [0.1, 0.15) is 18.2 Å². The molecular formula is C20H21FN2O3S. The maximum atomic E-state index is 13.1. The number of hydrogen-bond acceptors (Lipinski definition) is 4. The molecule has 27 heavy (non-hydrogen) atoms. The number of amides is 2. The maximum Gasteiger partial charge on any atom is 0.227 e. The average molecular weight is 388 g/mol. The van der Waals surface area contributed by atoms with Crippen LogP contribution in [0.25, 0.3) is 0 Å². The summed E-state index contributed by atoms with van der Waals surface area (Å²) in [7, 11) is 0. The highest BCUT2D eigenvalue weighted by molar-refractivity contribution is 7.98. The van der Waals surface area contributed by atoms with Crippen molar-refractivity contribution in [3.05, 3.63) is 54.3 Å². The van der Waals surface area contributed by atoms with E-state index in [2.05, 4.69) is 5.32 Å². The molecule has 0 radical (unpaired) electrons. The molecule has 3 rings (SSSR count). The van der Waals surface area contributed by atoms with E-state index in [9.17, 15) is 14.0 Å². The molecule has 1 N–H and O–H groups in total. The predicted octanol–water partition coefficient (Wildman–Crippen LogP) is 3.10. The largest absolute Gasteiger partial charge is 0.492 e. The first-order valence-electron chi connectivity index (χ1n) is 8.67. The van der Waals surface area contributed by atoms with Crippen LogP contribution in [-0.4, -0.2) is 37.8 Å². The highest BCUT2D eigenvalue weighted by Gasteiger charge is 2.34. The summed E-state index contributed by atoms with van der Waals surface area (Å²) in [5, 5.41) is 2.78. The van der Waals surface area contributed by atoms with Crippen molar-refractivity contribution in [2.45, 2.75) is 11.3 Å². The summed E-state index contributed by atoms with van der Waals surface area (Å²) in [6.07, 6.45) is 2.19. The normalized spacial score (nSPS) is 16.4. The smallest absolute Gasteiger partial charge is 0.227 e. The Kier molecular flexibility index (Phi) is 6.34. The summed E-state index contributed by atoms with van der Waals surface area (Å²) >= 11 is 1.64. The molecule has 5 nitrogen and oxygen atoms in total. The molecule has 1 unspecified atom stereocenters. The van der Waals surface area contributed by atoms with Gasteiger partial charge < -0.3 is 15.0 Å². The zero-order chi connectivity index (χ0) is 19.2. The summed E-state index contributed by atoms with van der Waals surface area (Å²) in [5.41, 5.74) is 0.808. The molecule has 7 heteroatoms. The van der Waals surface area contributed by atoms with Gasteiger partial charge in [-0.3, -0.25) is 9.59 Å². The van der Waals surface area contributed by atoms with Crippen LogP contribution < -0.4 is 15.0 Å². The predicted molar refractivity (Wildman–Crippen MR) is 104 cm³/mol. The van der Waals surface area contributed by atoms with Crippen molar-refractivity contribution in [2.24, 2.45) is 5.92 Å². The molecule has 0 spiro atoms. The number of nitrogens with one attached hydrogen (secondary N) is 1. The van der Waals surface area contributed by atoms with Gasteiger partial charge in [-0.2, -0.15) is 0 Å². The molecule has 2 aromatic carbocycles. The first-order chi connectivity index (χ1) is 13.1. The summed E-state index contributed by atoms with van der Waals surface area (Å²) in [6, 6.07) is 13.6. The van der Waals surface area contributed by atoms with Gasteiger partial charge in [0, 0.05) is 29.6 Å². The number of rotatable bonds is 7. The second kappa shape index (κ2) is 8.90. The Morgan fingerprint density at radius 3 is 2.78 bits per heavy atom. The van der Waals surface area contributed by atoms with Crippen molar-refractivity contribution < 1.29 is 18.7 Å². The van der Waals surface area contributed by atoms with Gasteiger partial charge in [0.05, 0.1) is 12.5 Å². The van der Waals surface area contributed by atoms with Gasteiger partial charge in [-0.1, -0.05) is 6.07 Å². The number of anilines is 1. The zero-order valence-electron chi connectivity index (χ0n) is 15.0. The Bertz CT molecular complexity index is 813. The Morgan fingerprint density at radius 1 is 1.30 bits per heavy atom. The molecule has 0 saturated carbocycles. The van der Waals surface area contributed by atoms with Gasteiger partial charge in [0.15, 0.2) is 0 Å². The number of thioether (sulfide) groups is 1. The first kappa shape index (κ1) is 19.2. The Morgan fingerprint density at radius 2 is 2.07 bits per heavy atom. The number of benzene rings is 2. The lowest BCUT2D eigenvalue weighted by atomic mass is 10.1. The van der Waals surface area contributed by atoms with E-state index in [1.54, 1.807) is 28.8 Å². The van der Waals surface area contributed by atoms with Gasteiger partial charge >= 0.3 is 0 Å². The van der Waals surface area contributed by atoms with E-state index in [0.717, 1.165) is 10.6 Å². The summed E-state index contributed by atoms with van der Waals surface area (Å²) in [5.74, 6) is -0.559. The van der Waals surface area contributed by atoms with Gasteiger partial charge in [-0.15, -0.1) is 11.8 Å². The van der Waals surface area contributed by atoms with E-state index in [0.29, 0.717) is 18.8 Å². The average Bonchev–Trinajstić information content (AvgIpc) is 3.07. The van der Waals surface area contributed by atoms with E-state index in [1.807, 2.05) is 30.5 Å². The van der Waals surface area contributed by atoms with Crippen molar-refractivity contribution in [3.63, 3.8) is 0 Å². The lowest BCUT2D eigenvalue weighted by molar-refractivity contribution is -0.126. The summed E-state index contributed by atoms with van der Waals surface area (Å²) in [4.78, 5) is 27.4. The van der Waals surface area contributed by atoms with E-state index >= 15 is 0 Å². The SMILES string of the molecule is CSc1ccc(N2CC(C(=O)NCCOc3cccc(F)c3)CC2=O)cc1. The molecule has 1 fully saturated rings. The Balaban J connectivity index is 1.47. The van der Waals surface area contributed by atoms with Crippen LogP contribution in [0.15, 0.2) is 53.4 Å². The minimum absolute atomic E-state index is 0.0527.